The van der Waals surface area contributed by atoms with Crippen molar-refractivity contribution >= 4 is 11.8 Å². The smallest absolute Gasteiger partial charge is 0.251 e. The zero-order chi connectivity index (χ0) is 19.0. The van der Waals surface area contributed by atoms with Crippen molar-refractivity contribution in [3.05, 3.63) is 47.5 Å². The van der Waals surface area contributed by atoms with Gasteiger partial charge >= 0.3 is 0 Å². The van der Waals surface area contributed by atoms with Gasteiger partial charge in [-0.05, 0) is 31.4 Å². The van der Waals surface area contributed by atoms with E-state index in [2.05, 4.69) is 15.4 Å². The molecule has 0 aromatic carbocycles. The van der Waals surface area contributed by atoms with Crippen molar-refractivity contribution in [1.82, 2.24) is 25.0 Å². The summed E-state index contributed by atoms with van der Waals surface area (Å²) in [6.07, 6.45) is 6.29. The van der Waals surface area contributed by atoms with E-state index >= 15 is 0 Å². The number of pyridine rings is 1. The van der Waals surface area contributed by atoms with Gasteiger partial charge in [0.25, 0.3) is 5.91 Å². The largest absolute Gasteiger partial charge is 0.356 e. The van der Waals surface area contributed by atoms with E-state index < -0.39 is 12.1 Å². The van der Waals surface area contributed by atoms with Crippen molar-refractivity contribution in [3.63, 3.8) is 0 Å². The van der Waals surface area contributed by atoms with Crippen molar-refractivity contribution in [2.45, 2.75) is 44.5 Å². The van der Waals surface area contributed by atoms with E-state index in [1.54, 1.807) is 23.3 Å². The highest BCUT2D eigenvalue weighted by molar-refractivity contribution is 5.86. The number of carbonyl (C=O) groups excluding carboxylic acids is 2. The number of hydrogen-bond donors (Lipinski definition) is 1. The fourth-order valence-corrected chi connectivity index (χ4v) is 3.52. The van der Waals surface area contributed by atoms with E-state index in [4.69, 9.17) is 4.74 Å². The number of amides is 2. The van der Waals surface area contributed by atoms with Crippen LogP contribution in [0.2, 0.25) is 0 Å². The van der Waals surface area contributed by atoms with E-state index in [9.17, 15) is 9.59 Å². The average molecular weight is 369 g/mol. The number of carbonyl (C=O) groups is 2. The molecule has 1 aliphatic heterocycles. The average Bonchev–Trinajstić information content (AvgIpc) is 3.47. The van der Waals surface area contributed by atoms with Gasteiger partial charge in [0.15, 0.2) is 6.10 Å². The van der Waals surface area contributed by atoms with E-state index in [0.29, 0.717) is 6.54 Å². The Hall–Kier alpha value is -2.74. The molecular weight excluding hydrogens is 346 g/mol. The molecule has 1 aliphatic carbocycles. The Labute approximate surface area is 157 Å². The summed E-state index contributed by atoms with van der Waals surface area (Å²) in [5, 5.41) is 7.14. The second-order valence-electron chi connectivity index (χ2n) is 7.09. The summed E-state index contributed by atoms with van der Waals surface area (Å²) in [6.45, 7) is 2.25. The van der Waals surface area contributed by atoms with E-state index in [1.807, 2.05) is 31.0 Å². The summed E-state index contributed by atoms with van der Waals surface area (Å²) < 4.78 is 7.47. The Morgan fingerprint density at radius 2 is 2.19 bits per heavy atom. The molecule has 0 bridgehead atoms. The number of rotatable bonds is 5. The van der Waals surface area contributed by atoms with Gasteiger partial charge in [-0.25, -0.2) is 0 Å². The summed E-state index contributed by atoms with van der Waals surface area (Å²) in [6, 6.07) is 3.43. The first-order valence-corrected chi connectivity index (χ1v) is 9.14. The molecule has 2 aromatic rings. The highest BCUT2D eigenvalue weighted by Gasteiger charge is 2.47. The number of aromatic nitrogens is 3. The summed E-state index contributed by atoms with van der Waals surface area (Å²) in [7, 11) is 1.86. The summed E-state index contributed by atoms with van der Waals surface area (Å²) in [4.78, 5) is 31.4. The van der Waals surface area contributed by atoms with Crippen molar-refractivity contribution in [1.29, 1.82) is 0 Å². The maximum atomic E-state index is 12.9. The second-order valence-corrected chi connectivity index (χ2v) is 7.09. The first kappa shape index (κ1) is 17.7. The number of nitrogens with zero attached hydrogens (tertiary/aromatic N) is 4. The van der Waals surface area contributed by atoms with Crippen LogP contribution in [-0.4, -0.2) is 50.2 Å². The quantitative estimate of drug-likeness (QED) is 0.845. The van der Waals surface area contributed by atoms with Gasteiger partial charge in [0.2, 0.25) is 5.91 Å². The maximum Gasteiger partial charge on any atom is 0.251 e. The van der Waals surface area contributed by atoms with E-state index in [1.165, 1.54) is 0 Å². The summed E-state index contributed by atoms with van der Waals surface area (Å²) >= 11 is 0. The molecule has 0 radical (unpaired) electrons. The molecule has 1 saturated heterocycles. The third kappa shape index (κ3) is 3.44. The molecule has 8 nitrogen and oxygen atoms in total. The zero-order valence-electron chi connectivity index (χ0n) is 15.5. The molecule has 1 saturated carbocycles. The second kappa shape index (κ2) is 7.11. The highest BCUT2D eigenvalue weighted by Crippen LogP contribution is 2.39. The Balaban J connectivity index is 1.56. The summed E-state index contributed by atoms with van der Waals surface area (Å²) in [5.74, 6) is -0.302. The predicted molar refractivity (Wildman–Crippen MR) is 96.4 cm³/mol. The minimum Gasteiger partial charge on any atom is -0.356 e. The van der Waals surface area contributed by atoms with Gasteiger partial charge in [0.1, 0.15) is 6.61 Å². The van der Waals surface area contributed by atoms with Crippen LogP contribution in [0.25, 0.3) is 0 Å². The topological polar surface area (TPSA) is 89.3 Å². The molecule has 2 fully saturated rings. The van der Waals surface area contributed by atoms with Gasteiger partial charge < -0.3 is 15.0 Å². The Kier molecular flexibility index (Phi) is 4.65. The number of hydrogen-bond acceptors (Lipinski definition) is 5. The third-order valence-corrected chi connectivity index (χ3v) is 5.28. The zero-order valence-corrected chi connectivity index (χ0v) is 15.5. The normalized spacial score (nSPS) is 22.7. The molecule has 142 valence electrons. The molecule has 2 amide bonds. The molecule has 2 atom stereocenters. The lowest BCUT2D eigenvalue weighted by molar-refractivity contribution is -0.165. The minimum absolute atomic E-state index is 0.0708. The van der Waals surface area contributed by atoms with Crippen LogP contribution in [0, 0.1) is 6.92 Å². The van der Waals surface area contributed by atoms with Crippen LogP contribution in [0.4, 0.5) is 0 Å². The maximum absolute atomic E-state index is 12.9. The number of nitrogens with one attached hydrogen (secondary N) is 1. The van der Waals surface area contributed by atoms with Crippen molar-refractivity contribution < 1.29 is 14.3 Å². The van der Waals surface area contributed by atoms with Gasteiger partial charge in [-0.1, -0.05) is 6.07 Å². The van der Waals surface area contributed by atoms with Gasteiger partial charge in [-0.2, -0.15) is 5.10 Å². The SMILES string of the molecule is Cc1c(CNC(=O)[C@H]2OCC(=O)N(C3CC3)[C@@H]2c2cccnc2)cnn1C. The Bertz CT molecular complexity index is 846. The fourth-order valence-electron chi connectivity index (χ4n) is 3.52. The monoisotopic (exact) mass is 369 g/mol. The number of aryl methyl sites for hydroxylation is 1. The lowest BCUT2D eigenvalue weighted by Gasteiger charge is -2.40. The van der Waals surface area contributed by atoms with Crippen LogP contribution in [0.5, 0.6) is 0 Å². The van der Waals surface area contributed by atoms with Crippen LogP contribution in [-0.2, 0) is 27.9 Å². The molecule has 3 heterocycles. The fraction of sp³-hybridized carbons (Fsp3) is 0.474. The molecule has 4 rings (SSSR count). The van der Waals surface area contributed by atoms with Gasteiger partial charge in [0, 0.05) is 43.3 Å². The van der Waals surface area contributed by atoms with Crippen LogP contribution in [0.15, 0.2) is 30.7 Å². The highest BCUT2D eigenvalue weighted by atomic mass is 16.5. The Morgan fingerprint density at radius 1 is 1.37 bits per heavy atom. The predicted octanol–water partition coefficient (Wildman–Crippen LogP) is 0.871. The molecular formula is C19H23N5O3. The summed E-state index contributed by atoms with van der Waals surface area (Å²) in [5.41, 5.74) is 2.77. The lowest BCUT2D eigenvalue weighted by atomic mass is 9.98. The number of morpholine rings is 1. The molecule has 0 spiro atoms. The Morgan fingerprint density at radius 3 is 2.81 bits per heavy atom. The van der Waals surface area contributed by atoms with Gasteiger partial charge in [-0.3, -0.25) is 19.3 Å². The van der Waals surface area contributed by atoms with Crippen molar-refractivity contribution in [2.75, 3.05) is 6.61 Å². The van der Waals surface area contributed by atoms with Crippen LogP contribution in [0.1, 0.15) is 35.7 Å². The molecule has 2 aromatic heterocycles. The number of ether oxygens (including phenoxy) is 1. The minimum atomic E-state index is -0.760. The molecule has 2 aliphatic rings. The van der Waals surface area contributed by atoms with E-state index in [-0.39, 0.29) is 24.5 Å². The van der Waals surface area contributed by atoms with Crippen LogP contribution < -0.4 is 5.32 Å². The first-order chi connectivity index (χ1) is 13.1. The lowest BCUT2D eigenvalue weighted by Crippen LogP contribution is -2.55. The van der Waals surface area contributed by atoms with Crippen LogP contribution in [0.3, 0.4) is 0 Å². The third-order valence-electron chi connectivity index (χ3n) is 5.28. The van der Waals surface area contributed by atoms with Crippen molar-refractivity contribution in [3.8, 4) is 0 Å². The molecule has 0 unspecified atom stereocenters. The standard InChI is InChI=1S/C19H23N5O3/c1-12-14(10-22-23(12)2)9-21-19(26)18-17(13-4-3-7-20-8-13)24(15-5-6-15)16(25)11-27-18/h3-4,7-8,10,15,17-18H,5-6,9,11H2,1-2H3,(H,21,26)/t17-,18+/m1/s1. The van der Waals surface area contributed by atoms with Gasteiger partial charge in [0.05, 0.1) is 12.2 Å². The molecule has 1 N–H and O–H groups in total. The van der Waals surface area contributed by atoms with E-state index in [0.717, 1.165) is 29.7 Å². The molecule has 27 heavy (non-hydrogen) atoms. The molecule has 8 heteroatoms. The van der Waals surface area contributed by atoms with Gasteiger partial charge in [-0.15, -0.1) is 0 Å². The first-order valence-electron chi connectivity index (χ1n) is 9.14. The van der Waals surface area contributed by atoms with Crippen LogP contribution >= 0.6 is 0 Å². The van der Waals surface area contributed by atoms with Crippen molar-refractivity contribution in [2.24, 2.45) is 7.05 Å².